The zero-order valence-electron chi connectivity index (χ0n) is 14.8. The van der Waals surface area contributed by atoms with Crippen LogP contribution >= 0.6 is 0 Å². The normalized spacial score (nSPS) is 13.3. The number of aromatic nitrogens is 3. The molecule has 6 nitrogen and oxygen atoms in total. The van der Waals surface area contributed by atoms with Gasteiger partial charge in [0.1, 0.15) is 17.5 Å². The largest absolute Gasteiger partial charge is 0.396 e. The number of hydrogen-bond acceptors (Lipinski definition) is 5. The first-order valence-electron chi connectivity index (χ1n) is 8.58. The average molecular weight is 346 g/mol. The van der Waals surface area contributed by atoms with Crippen LogP contribution in [0.2, 0.25) is 0 Å². The van der Waals surface area contributed by atoms with Gasteiger partial charge in [-0.25, -0.2) is 9.97 Å². The monoisotopic (exact) mass is 346 g/mol. The number of rotatable bonds is 4. The number of allylic oxidation sites excluding steroid dienone is 1. The van der Waals surface area contributed by atoms with Crippen LogP contribution in [-0.2, 0) is 20.0 Å². The molecule has 0 spiro atoms. The van der Waals surface area contributed by atoms with E-state index < -0.39 is 0 Å². The second-order valence-electron chi connectivity index (χ2n) is 6.67. The quantitative estimate of drug-likeness (QED) is 0.676. The summed E-state index contributed by atoms with van der Waals surface area (Å²) in [5.74, 6) is 0. The predicted octanol–water partition coefficient (Wildman–Crippen LogP) is 3.18. The number of hydrogen-bond donors (Lipinski definition) is 3. The Morgan fingerprint density at radius 3 is 3.04 bits per heavy atom. The van der Waals surface area contributed by atoms with Gasteiger partial charge in [0.05, 0.1) is 16.9 Å². The minimum atomic E-state index is 0.639. The molecule has 0 atom stereocenters. The number of nitrogens with zero attached hydrogens (tertiary/aromatic N) is 3. The highest BCUT2D eigenvalue weighted by molar-refractivity contribution is 5.94. The van der Waals surface area contributed by atoms with E-state index in [0.29, 0.717) is 12.2 Å². The molecule has 6 heteroatoms. The molecule has 3 heterocycles. The van der Waals surface area contributed by atoms with Crippen molar-refractivity contribution < 1.29 is 0 Å². The minimum Gasteiger partial charge on any atom is -0.396 e. The number of nitrogens with two attached hydrogens (primary N) is 1. The van der Waals surface area contributed by atoms with E-state index in [9.17, 15) is 0 Å². The van der Waals surface area contributed by atoms with Gasteiger partial charge in [-0.1, -0.05) is 25.3 Å². The molecule has 4 rings (SSSR count). The molecule has 0 amide bonds. The summed E-state index contributed by atoms with van der Waals surface area (Å²) in [4.78, 5) is 8.68. The van der Waals surface area contributed by atoms with Crippen LogP contribution in [0.25, 0.3) is 16.7 Å². The van der Waals surface area contributed by atoms with E-state index in [1.54, 1.807) is 0 Å². The van der Waals surface area contributed by atoms with Crippen LogP contribution in [0.3, 0.4) is 0 Å². The highest BCUT2D eigenvalue weighted by Crippen LogP contribution is 2.28. The van der Waals surface area contributed by atoms with Crippen LogP contribution in [0.15, 0.2) is 49.6 Å². The molecule has 0 bridgehead atoms. The molecule has 0 saturated carbocycles. The SMILES string of the molecule is C=C1CCc2ccc(CNC(=C)c3ncnc4c(N)cn(C)c34)cc2N1. The van der Waals surface area contributed by atoms with E-state index in [0.717, 1.165) is 46.7 Å². The maximum atomic E-state index is 6.01. The van der Waals surface area contributed by atoms with E-state index >= 15 is 0 Å². The van der Waals surface area contributed by atoms with E-state index in [4.69, 9.17) is 5.73 Å². The fraction of sp³-hybridized carbons (Fsp3) is 0.200. The van der Waals surface area contributed by atoms with Gasteiger partial charge >= 0.3 is 0 Å². The van der Waals surface area contributed by atoms with Crippen molar-refractivity contribution in [2.24, 2.45) is 7.05 Å². The molecule has 4 N–H and O–H groups in total. The average Bonchev–Trinajstić information content (AvgIpc) is 2.93. The lowest BCUT2D eigenvalue weighted by Gasteiger charge is -2.21. The van der Waals surface area contributed by atoms with Gasteiger partial charge in [-0.3, -0.25) is 0 Å². The zero-order valence-corrected chi connectivity index (χ0v) is 14.8. The highest BCUT2D eigenvalue weighted by Gasteiger charge is 2.14. The van der Waals surface area contributed by atoms with Gasteiger partial charge in [-0.2, -0.15) is 0 Å². The summed E-state index contributed by atoms with van der Waals surface area (Å²) in [6.07, 6.45) is 5.40. The standard InChI is InChI=1S/C20H22N6/c1-12-4-6-15-7-5-14(8-17(15)25-12)9-22-13(2)18-20-19(24-11-23-18)16(21)10-26(20)3/h5,7-8,10-11,22,25H,1-2,4,6,9,21H2,3H3. The summed E-state index contributed by atoms with van der Waals surface area (Å²) in [6, 6.07) is 6.48. The summed E-state index contributed by atoms with van der Waals surface area (Å²) in [5.41, 5.74) is 14.5. The van der Waals surface area contributed by atoms with Crippen LogP contribution in [0, 0.1) is 0 Å². The first-order chi connectivity index (χ1) is 12.5. The third-order valence-electron chi connectivity index (χ3n) is 4.75. The summed E-state index contributed by atoms with van der Waals surface area (Å²) >= 11 is 0. The first-order valence-corrected chi connectivity index (χ1v) is 8.58. The topological polar surface area (TPSA) is 80.8 Å². The highest BCUT2D eigenvalue weighted by atomic mass is 15.0. The number of benzene rings is 1. The molecule has 2 aromatic heterocycles. The molecule has 1 aliphatic heterocycles. The Bertz CT molecular complexity index is 1030. The smallest absolute Gasteiger partial charge is 0.117 e. The second kappa shape index (κ2) is 6.22. The Labute approximate surface area is 152 Å². The molecular weight excluding hydrogens is 324 g/mol. The van der Waals surface area contributed by atoms with Gasteiger partial charge < -0.3 is 20.9 Å². The fourth-order valence-corrected chi connectivity index (χ4v) is 3.38. The Kier molecular flexibility index (Phi) is 3.88. The van der Waals surface area contributed by atoms with Crippen molar-refractivity contribution in [2.75, 3.05) is 11.1 Å². The third kappa shape index (κ3) is 2.79. The minimum absolute atomic E-state index is 0.639. The Balaban J connectivity index is 1.55. The van der Waals surface area contributed by atoms with Crippen LogP contribution < -0.4 is 16.4 Å². The number of nitrogens with one attached hydrogen (secondary N) is 2. The molecule has 0 saturated heterocycles. The van der Waals surface area contributed by atoms with Crippen molar-refractivity contribution in [1.29, 1.82) is 0 Å². The van der Waals surface area contributed by atoms with E-state index in [2.05, 4.69) is 52.0 Å². The zero-order chi connectivity index (χ0) is 18.3. The Hall–Kier alpha value is -3.28. The Morgan fingerprint density at radius 1 is 1.35 bits per heavy atom. The van der Waals surface area contributed by atoms with Crippen molar-refractivity contribution >= 4 is 28.1 Å². The van der Waals surface area contributed by atoms with Crippen molar-refractivity contribution in [1.82, 2.24) is 19.9 Å². The molecule has 0 fully saturated rings. The van der Waals surface area contributed by atoms with E-state index in [-0.39, 0.29) is 0 Å². The lowest BCUT2D eigenvalue weighted by atomic mass is 10.00. The van der Waals surface area contributed by atoms with E-state index in [1.165, 1.54) is 17.5 Å². The molecule has 1 aromatic carbocycles. The number of fused-ring (bicyclic) bond motifs is 2. The van der Waals surface area contributed by atoms with Crippen LogP contribution in [0.1, 0.15) is 23.2 Å². The summed E-state index contributed by atoms with van der Waals surface area (Å²) in [6.45, 7) is 8.84. The maximum absolute atomic E-state index is 6.01. The summed E-state index contributed by atoms with van der Waals surface area (Å²) < 4.78 is 1.93. The lowest BCUT2D eigenvalue weighted by molar-refractivity contribution is 0.871. The Morgan fingerprint density at radius 2 is 2.19 bits per heavy atom. The van der Waals surface area contributed by atoms with Gasteiger partial charge in [0.25, 0.3) is 0 Å². The number of aryl methyl sites for hydroxylation is 2. The van der Waals surface area contributed by atoms with Gasteiger partial charge in [-0.05, 0) is 30.0 Å². The molecule has 1 aliphatic rings. The molecule has 3 aromatic rings. The van der Waals surface area contributed by atoms with Crippen molar-refractivity contribution in [3.8, 4) is 0 Å². The van der Waals surface area contributed by atoms with Gasteiger partial charge in [0, 0.05) is 31.2 Å². The van der Waals surface area contributed by atoms with Crippen molar-refractivity contribution in [2.45, 2.75) is 19.4 Å². The molecule has 0 unspecified atom stereocenters. The van der Waals surface area contributed by atoms with E-state index in [1.807, 2.05) is 17.8 Å². The molecule has 26 heavy (non-hydrogen) atoms. The van der Waals surface area contributed by atoms with Crippen molar-refractivity contribution in [3.63, 3.8) is 0 Å². The van der Waals surface area contributed by atoms with Gasteiger partial charge in [0.15, 0.2) is 0 Å². The third-order valence-corrected chi connectivity index (χ3v) is 4.75. The van der Waals surface area contributed by atoms with Crippen molar-refractivity contribution in [3.05, 3.63) is 66.4 Å². The molecule has 0 aliphatic carbocycles. The van der Waals surface area contributed by atoms with Crippen LogP contribution in [0.4, 0.5) is 11.4 Å². The summed E-state index contributed by atoms with van der Waals surface area (Å²) in [7, 11) is 1.93. The number of nitrogen functional groups attached to an aromatic ring is 1. The summed E-state index contributed by atoms with van der Waals surface area (Å²) in [5, 5.41) is 6.74. The second-order valence-corrected chi connectivity index (χ2v) is 6.67. The lowest BCUT2D eigenvalue weighted by Crippen LogP contribution is -2.14. The van der Waals surface area contributed by atoms with Gasteiger partial charge in [0.2, 0.25) is 0 Å². The molecule has 132 valence electrons. The maximum Gasteiger partial charge on any atom is 0.117 e. The predicted molar refractivity (Wildman–Crippen MR) is 106 cm³/mol. The van der Waals surface area contributed by atoms with Gasteiger partial charge in [-0.15, -0.1) is 0 Å². The number of anilines is 2. The van der Waals surface area contributed by atoms with Crippen LogP contribution in [0.5, 0.6) is 0 Å². The fourth-order valence-electron chi connectivity index (χ4n) is 3.38. The molecular formula is C20H22N6. The first kappa shape index (κ1) is 16.2. The molecule has 0 radical (unpaired) electrons. The van der Waals surface area contributed by atoms with Crippen LogP contribution in [-0.4, -0.2) is 14.5 Å².